The van der Waals surface area contributed by atoms with Crippen molar-refractivity contribution in [3.63, 3.8) is 0 Å². The van der Waals surface area contributed by atoms with Gasteiger partial charge in [-0.2, -0.15) is 0 Å². The third-order valence-corrected chi connectivity index (χ3v) is 13.4. The number of fused-ring (bicyclic) bond motifs is 7. The molecular weight excluding hydrogens is 735 g/mol. The second-order valence-corrected chi connectivity index (χ2v) is 16.4. The SMILES string of the molecule is c1ccc(C2(c3ccc(N(c4ccc5c(c4)C(c4ccccc4)(c4ccccc4)c4ccccc4-5)c4ccc5ccccc5c4)cc3)c3ccccc3-c3ccccc32)cc1. The lowest BCUT2D eigenvalue weighted by Crippen LogP contribution is -2.29. The molecule has 286 valence electrons. The Morgan fingerprint density at radius 2 is 0.590 bits per heavy atom. The first-order valence-corrected chi connectivity index (χ1v) is 21.3. The third-order valence-electron chi connectivity index (χ3n) is 13.4. The van der Waals surface area contributed by atoms with Crippen molar-refractivity contribution in [1.82, 2.24) is 0 Å². The quantitative estimate of drug-likeness (QED) is 0.156. The van der Waals surface area contributed by atoms with Crippen molar-refractivity contribution in [1.29, 1.82) is 0 Å². The number of hydrogen-bond donors (Lipinski definition) is 0. The van der Waals surface area contributed by atoms with Crippen LogP contribution in [0.2, 0.25) is 0 Å². The van der Waals surface area contributed by atoms with E-state index < -0.39 is 10.8 Å². The third kappa shape index (κ3) is 5.14. The number of nitrogens with zero attached hydrogens (tertiary/aromatic N) is 1. The highest BCUT2D eigenvalue weighted by Gasteiger charge is 2.47. The molecule has 0 aliphatic heterocycles. The minimum Gasteiger partial charge on any atom is -0.310 e. The highest BCUT2D eigenvalue weighted by Crippen LogP contribution is 2.58. The van der Waals surface area contributed by atoms with E-state index >= 15 is 0 Å². The molecule has 10 aromatic carbocycles. The Hall–Kier alpha value is -7.74. The van der Waals surface area contributed by atoms with Gasteiger partial charge in [0.15, 0.2) is 0 Å². The maximum atomic E-state index is 2.47. The molecule has 0 saturated carbocycles. The molecule has 0 aromatic heterocycles. The summed E-state index contributed by atoms with van der Waals surface area (Å²) in [6.45, 7) is 0. The summed E-state index contributed by atoms with van der Waals surface area (Å²) < 4.78 is 0. The van der Waals surface area contributed by atoms with Crippen LogP contribution < -0.4 is 4.90 Å². The molecule has 0 N–H and O–H groups in total. The van der Waals surface area contributed by atoms with E-state index in [2.05, 4.69) is 254 Å². The van der Waals surface area contributed by atoms with Gasteiger partial charge in [-0.05, 0) is 114 Å². The predicted octanol–water partition coefficient (Wildman–Crippen LogP) is 15.0. The van der Waals surface area contributed by atoms with Crippen molar-refractivity contribution in [2.75, 3.05) is 4.90 Å². The van der Waals surface area contributed by atoms with Crippen molar-refractivity contribution in [2.24, 2.45) is 0 Å². The minimum absolute atomic E-state index is 0.467. The van der Waals surface area contributed by atoms with Gasteiger partial charge in [-0.1, -0.05) is 212 Å². The van der Waals surface area contributed by atoms with Crippen LogP contribution in [0.3, 0.4) is 0 Å². The maximum absolute atomic E-state index is 2.47. The van der Waals surface area contributed by atoms with Gasteiger partial charge in [0.25, 0.3) is 0 Å². The molecule has 0 saturated heterocycles. The fourth-order valence-corrected chi connectivity index (χ4v) is 10.9. The van der Waals surface area contributed by atoms with Crippen LogP contribution in [0.1, 0.15) is 44.5 Å². The van der Waals surface area contributed by atoms with Crippen LogP contribution >= 0.6 is 0 Å². The van der Waals surface area contributed by atoms with Crippen molar-refractivity contribution >= 4 is 27.8 Å². The molecule has 0 atom stereocenters. The monoisotopic (exact) mass is 775 g/mol. The van der Waals surface area contributed by atoms with Gasteiger partial charge in [0, 0.05) is 17.1 Å². The average Bonchev–Trinajstić information content (AvgIpc) is 3.81. The van der Waals surface area contributed by atoms with E-state index in [1.54, 1.807) is 0 Å². The topological polar surface area (TPSA) is 3.24 Å². The number of hydrogen-bond acceptors (Lipinski definition) is 1. The lowest BCUT2D eigenvalue weighted by atomic mass is 9.67. The lowest BCUT2D eigenvalue weighted by molar-refractivity contribution is 0.768. The first kappa shape index (κ1) is 35.2. The zero-order chi connectivity index (χ0) is 40.4. The second kappa shape index (κ2) is 13.9. The van der Waals surface area contributed by atoms with Gasteiger partial charge < -0.3 is 4.90 Å². The van der Waals surface area contributed by atoms with Crippen LogP contribution in [-0.4, -0.2) is 0 Å². The zero-order valence-corrected chi connectivity index (χ0v) is 33.6. The van der Waals surface area contributed by atoms with Crippen LogP contribution in [0.4, 0.5) is 17.1 Å². The van der Waals surface area contributed by atoms with Gasteiger partial charge in [0.05, 0.1) is 10.8 Å². The molecule has 0 amide bonds. The molecule has 0 heterocycles. The highest BCUT2D eigenvalue weighted by atomic mass is 15.1. The Bertz CT molecular complexity index is 3150. The van der Waals surface area contributed by atoms with Gasteiger partial charge >= 0.3 is 0 Å². The van der Waals surface area contributed by atoms with Gasteiger partial charge in [-0.25, -0.2) is 0 Å². The Labute approximate surface area is 357 Å². The lowest BCUT2D eigenvalue weighted by Gasteiger charge is -2.35. The van der Waals surface area contributed by atoms with E-state index in [0.29, 0.717) is 0 Å². The van der Waals surface area contributed by atoms with E-state index in [1.165, 1.54) is 77.5 Å². The zero-order valence-electron chi connectivity index (χ0n) is 33.6. The molecule has 2 aliphatic rings. The average molecular weight is 776 g/mol. The molecule has 0 fully saturated rings. The summed E-state index contributed by atoms with van der Waals surface area (Å²) in [5, 5.41) is 2.43. The smallest absolute Gasteiger partial charge is 0.0714 e. The normalized spacial score (nSPS) is 13.8. The number of anilines is 3. The van der Waals surface area contributed by atoms with Crippen molar-refractivity contribution in [3.05, 3.63) is 293 Å². The molecule has 61 heavy (non-hydrogen) atoms. The van der Waals surface area contributed by atoms with Crippen LogP contribution in [-0.2, 0) is 10.8 Å². The fourth-order valence-electron chi connectivity index (χ4n) is 10.9. The van der Waals surface area contributed by atoms with Crippen LogP contribution in [0.5, 0.6) is 0 Å². The molecule has 0 radical (unpaired) electrons. The van der Waals surface area contributed by atoms with Gasteiger partial charge in [0.1, 0.15) is 0 Å². The highest BCUT2D eigenvalue weighted by molar-refractivity contribution is 5.93. The van der Waals surface area contributed by atoms with Gasteiger partial charge in [0.2, 0.25) is 0 Å². The van der Waals surface area contributed by atoms with Crippen molar-refractivity contribution < 1.29 is 0 Å². The van der Waals surface area contributed by atoms with E-state index in [4.69, 9.17) is 0 Å². The predicted molar refractivity (Wildman–Crippen MR) is 253 cm³/mol. The number of benzene rings is 10. The van der Waals surface area contributed by atoms with E-state index in [-0.39, 0.29) is 0 Å². The van der Waals surface area contributed by atoms with Gasteiger partial charge in [-0.3, -0.25) is 0 Å². The molecule has 2 aliphatic carbocycles. The molecule has 1 nitrogen and oxygen atoms in total. The first-order chi connectivity index (χ1) is 30.3. The summed E-state index contributed by atoms with van der Waals surface area (Å²) in [5.41, 5.74) is 17.7. The molecule has 0 spiro atoms. The number of rotatable bonds is 7. The molecule has 0 bridgehead atoms. The summed E-state index contributed by atoms with van der Waals surface area (Å²) in [4.78, 5) is 2.45. The maximum Gasteiger partial charge on any atom is 0.0714 e. The van der Waals surface area contributed by atoms with E-state index in [1.807, 2.05) is 0 Å². The molecule has 1 heteroatoms. The Kier molecular flexibility index (Phi) is 8.05. The molecule has 10 aromatic rings. The largest absolute Gasteiger partial charge is 0.310 e. The summed E-state index contributed by atoms with van der Waals surface area (Å²) in [7, 11) is 0. The molecule has 12 rings (SSSR count). The van der Waals surface area contributed by atoms with E-state index in [0.717, 1.165) is 17.1 Å². The first-order valence-electron chi connectivity index (χ1n) is 21.3. The Morgan fingerprint density at radius 1 is 0.230 bits per heavy atom. The fraction of sp³-hybridized carbons (Fsp3) is 0.0333. The van der Waals surface area contributed by atoms with Crippen molar-refractivity contribution in [3.8, 4) is 22.3 Å². The standard InChI is InChI=1S/C60H41N/c1-4-20-44(21-5-1)59(55-29-15-12-26-51(55)52-27-13-16-30-56(52)59)47-33-36-48(37-34-47)61(49-35-32-42-18-10-11-19-43(42)40-49)50-38-39-54-53-28-14-17-31-57(53)60(58(54)41-50,45-22-6-2-7-23-45)46-24-8-3-9-25-46/h1-41H. The van der Waals surface area contributed by atoms with Crippen molar-refractivity contribution in [2.45, 2.75) is 10.8 Å². The minimum atomic E-state index is -0.505. The summed E-state index contributed by atoms with van der Waals surface area (Å²) in [6, 6.07) is 92.2. The summed E-state index contributed by atoms with van der Waals surface area (Å²) in [6.07, 6.45) is 0. The summed E-state index contributed by atoms with van der Waals surface area (Å²) in [5.74, 6) is 0. The van der Waals surface area contributed by atoms with Crippen LogP contribution in [0.25, 0.3) is 33.0 Å². The Morgan fingerprint density at radius 3 is 1.11 bits per heavy atom. The van der Waals surface area contributed by atoms with E-state index in [9.17, 15) is 0 Å². The Balaban J connectivity index is 1.09. The second-order valence-electron chi connectivity index (χ2n) is 16.4. The molecular formula is C60H41N. The van der Waals surface area contributed by atoms with Gasteiger partial charge in [-0.15, -0.1) is 0 Å². The summed E-state index contributed by atoms with van der Waals surface area (Å²) >= 11 is 0. The molecule has 0 unspecified atom stereocenters. The van der Waals surface area contributed by atoms with Crippen LogP contribution in [0, 0.1) is 0 Å². The van der Waals surface area contributed by atoms with Crippen LogP contribution in [0.15, 0.2) is 249 Å².